The molecule has 0 aliphatic rings. The van der Waals surface area contributed by atoms with Crippen molar-refractivity contribution in [3.8, 4) is 11.5 Å². The third-order valence-electron chi connectivity index (χ3n) is 4.20. The van der Waals surface area contributed by atoms with Gasteiger partial charge in [-0.2, -0.15) is 0 Å². The molecule has 3 heteroatoms. The summed E-state index contributed by atoms with van der Waals surface area (Å²) < 4.78 is 11.2. The molecule has 0 saturated carbocycles. The van der Waals surface area contributed by atoms with Crippen molar-refractivity contribution in [1.82, 2.24) is 0 Å². The molecular formula is C20H27NO2. The zero-order chi connectivity index (χ0) is 16.7. The van der Waals surface area contributed by atoms with Gasteiger partial charge in [0.1, 0.15) is 11.5 Å². The predicted molar refractivity (Wildman–Crippen MR) is 95.5 cm³/mol. The van der Waals surface area contributed by atoms with Crippen LogP contribution in [0, 0.1) is 6.92 Å². The molecule has 2 aromatic carbocycles. The summed E-state index contributed by atoms with van der Waals surface area (Å²) in [7, 11) is 1.71. The van der Waals surface area contributed by atoms with E-state index in [0.717, 1.165) is 24.3 Å². The summed E-state index contributed by atoms with van der Waals surface area (Å²) in [6.07, 6.45) is 1.86. The molecule has 0 bridgehead atoms. The maximum absolute atomic E-state index is 5.98. The molecular weight excluding hydrogens is 286 g/mol. The smallest absolute Gasteiger partial charge is 0.122 e. The maximum atomic E-state index is 5.98. The second-order valence-corrected chi connectivity index (χ2v) is 5.81. The van der Waals surface area contributed by atoms with Gasteiger partial charge in [0.15, 0.2) is 0 Å². The summed E-state index contributed by atoms with van der Waals surface area (Å²) >= 11 is 0. The van der Waals surface area contributed by atoms with Crippen LogP contribution in [-0.4, -0.2) is 20.3 Å². The van der Waals surface area contributed by atoms with E-state index in [-0.39, 0.29) is 0 Å². The molecule has 1 unspecified atom stereocenters. The number of rotatable bonds is 8. The minimum atomic E-state index is 0.302. The van der Waals surface area contributed by atoms with Crippen LogP contribution in [0.1, 0.15) is 36.0 Å². The van der Waals surface area contributed by atoms with Crippen LogP contribution in [0.4, 0.5) is 0 Å². The van der Waals surface area contributed by atoms with Crippen LogP contribution >= 0.6 is 0 Å². The van der Waals surface area contributed by atoms with E-state index in [2.05, 4.69) is 38.1 Å². The van der Waals surface area contributed by atoms with Crippen molar-refractivity contribution in [3.63, 3.8) is 0 Å². The number of hydrogen-bond acceptors (Lipinski definition) is 3. The Morgan fingerprint density at radius 1 is 1.09 bits per heavy atom. The second kappa shape index (κ2) is 8.59. The third-order valence-corrected chi connectivity index (χ3v) is 4.20. The topological polar surface area (TPSA) is 44.5 Å². The molecule has 2 rings (SSSR count). The predicted octanol–water partition coefficient (Wildman–Crippen LogP) is 4.08. The summed E-state index contributed by atoms with van der Waals surface area (Å²) in [5.41, 5.74) is 9.70. The van der Waals surface area contributed by atoms with Gasteiger partial charge in [-0.05, 0) is 61.6 Å². The van der Waals surface area contributed by atoms with Crippen LogP contribution in [0.25, 0.3) is 0 Å². The molecule has 0 amide bonds. The first kappa shape index (κ1) is 17.4. The van der Waals surface area contributed by atoms with Gasteiger partial charge in [0, 0.05) is 0 Å². The molecule has 2 N–H and O–H groups in total. The lowest BCUT2D eigenvalue weighted by molar-refractivity contribution is 0.298. The summed E-state index contributed by atoms with van der Waals surface area (Å²) in [5.74, 6) is 2.16. The Morgan fingerprint density at radius 2 is 1.83 bits per heavy atom. The molecule has 0 spiro atoms. The van der Waals surface area contributed by atoms with E-state index in [4.69, 9.17) is 15.2 Å². The SMILES string of the molecule is CCc1cc(C(CN)CCOc2ccc(C)cc2)ccc1OC. The fourth-order valence-corrected chi connectivity index (χ4v) is 2.70. The molecule has 124 valence electrons. The van der Waals surface area contributed by atoms with Gasteiger partial charge >= 0.3 is 0 Å². The zero-order valence-electron chi connectivity index (χ0n) is 14.3. The number of aryl methyl sites for hydroxylation is 2. The first-order valence-corrected chi connectivity index (χ1v) is 8.24. The molecule has 0 aromatic heterocycles. The van der Waals surface area contributed by atoms with E-state index < -0.39 is 0 Å². The van der Waals surface area contributed by atoms with Crippen molar-refractivity contribution in [3.05, 3.63) is 59.2 Å². The van der Waals surface area contributed by atoms with Gasteiger partial charge in [-0.3, -0.25) is 0 Å². The fraction of sp³-hybridized carbons (Fsp3) is 0.400. The molecule has 0 saturated heterocycles. The van der Waals surface area contributed by atoms with E-state index in [9.17, 15) is 0 Å². The Bertz CT molecular complexity index is 608. The Labute approximate surface area is 139 Å². The van der Waals surface area contributed by atoms with Crippen molar-refractivity contribution in [1.29, 1.82) is 0 Å². The highest BCUT2D eigenvalue weighted by atomic mass is 16.5. The number of ether oxygens (including phenoxy) is 2. The average Bonchev–Trinajstić information content (AvgIpc) is 2.59. The van der Waals surface area contributed by atoms with E-state index in [1.807, 2.05) is 18.2 Å². The minimum Gasteiger partial charge on any atom is -0.496 e. The highest BCUT2D eigenvalue weighted by Gasteiger charge is 2.12. The molecule has 0 fully saturated rings. The van der Waals surface area contributed by atoms with E-state index in [0.29, 0.717) is 19.1 Å². The number of hydrogen-bond donors (Lipinski definition) is 1. The Hall–Kier alpha value is -2.00. The normalized spacial score (nSPS) is 12.0. The van der Waals surface area contributed by atoms with Crippen LogP contribution in [0.2, 0.25) is 0 Å². The van der Waals surface area contributed by atoms with Gasteiger partial charge in [0.05, 0.1) is 13.7 Å². The molecule has 0 aliphatic carbocycles. The van der Waals surface area contributed by atoms with Crippen LogP contribution in [0.15, 0.2) is 42.5 Å². The number of benzene rings is 2. The molecule has 0 heterocycles. The van der Waals surface area contributed by atoms with Crippen LogP contribution in [0.3, 0.4) is 0 Å². The first-order chi connectivity index (χ1) is 11.2. The van der Waals surface area contributed by atoms with Gasteiger partial charge < -0.3 is 15.2 Å². The van der Waals surface area contributed by atoms with Gasteiger partial charge in [0.25, 0.3) is 0 Å². The Morgan fingerprint density at radius 3 is 2.43 bits per heavy atom. The summed E-state index contributed by atoms with van der Waals surface area (Å²) in [4.78, 5) is 0. The summed E-state index contributed by atoms with van der Waals surface area (Å²) in [6, 6.07) is 14.5. The highest BCUT2D eigenvalue weighted by molar-refractivity contribution is 5.38. The lowest BCUT2D eigenvalue weighted by Crippen LogP contribution is -2.16. The van der Waals surface area contributed by atoms with Crippen LogP contribution in [-0.2, 0) is 6.42 Å². The maximum Gasteiger partial charge on any atom is 0.122 e. The largest absolute Gasteiger partial charge is 0.496 e. The molecule has 0 radical (unpaired) electrons. The van der Waals surface area contributed by atoms with Crippen molar-refractivity contribution >= 4 is 0 Å². The Kier molecular flexibility index (Phi) is 6.48. The van der Waals surface area contributed by atoms with Gasteiger partial charge in [-0.25, -0.2) is 0 Å². The van der Waals surface area contributed by atoms with Crippen molar-refractivity contribution in [2.24, 2.45) is 5.73 Å². The van der Waals surface area contributed by atoms with E-state index in [1.54, 1.807) is 7.11 Å². The number of methoxy groups -OCH3 is 1. The van der Waals surface area contributed by atoms with Gasteiger partial charge in [-0.1, -0.05) is 36.8 Å². The van der Waals surface area contributed by atoms with Crippen molar-refractivity contribution in [2.45, 2.75) is 32.6 Å². The van der Waals surface area contributed by atoms with Crippen molar-refractivity contribution in [2.75, 3.05) is 20.3 Å². The lowest BCUT2D eigenvalue weighted by Gasteiger charge is -2.18. The molecule has 3 nitrogen and oxygen atoms in total. The van der Waals surface area contributed by atoms with Gasteiger partial charge in [-0.15, -0.1) is 0 Å². The zero-order valence-corrected chi connectivity index (χ0v) is 14.3. The van der Waals surface area contributed by atoms with Crippen molar-refractivity contribution < 1.29 is 9.47 Å². The highest BCUT2D eigenvalue weighted by Crippen LogP contribution is 2.26. The van der Waals surface area contributed by atoms with E-state index in [1.165, 1.54) is 16.7 Å². The second-order valence-electron chi connectivity index (χ2n) is 5.81. The first-order valence-electron chi connectivity index (χ1n) is 8.24. The summed E-state index contributed by atoms with van der Waals surface area (Å²) in [6.45, 7) is 5.49. The van der Waals surface area contributed by atoms with Gasteiger partial charge in [0.2, 0.25) is 0 Å². The summed E-state index contributed by atoms with van der Waals surface area (Å²) in [5, 5.41) is 0. The molecule has 2 aromatic rings. The van der Waals surface area contributed by atoms with Crippen LogP contribution in [0.5, 0.6) is 11.5 Å². The standard InChI is InChI=1S/C20H27NO2/c1-4-16-13-17(7-10-20(16)22-3)18(14-21)11-12-23-19-8-5-15(2)6-9-19/h5-10,13,18H,4,11-12,14,21H2,1-3H3. The minimum absolute atomic E-state index is 0.302. The molecule has 1 atom stereocenters. The molecule has 23 heavy (non-hydrogen) atoms. The third kappa shape index (κ3) is 4.73. The van der Waals surface area contributed by atoms with E-state index >= 15 is 0 Å². The monoisotopic (exact) mass is 313 g/mol. The Balaban J connectivity index is 1.98. The average molecular weight is 313 g/mol. The quantitative estimate of drug-likeness (QED) is 0.798. The lowest BCUT2D eigenvalue weighted by atomic mass is 9.93. The fourth-order valence-electron chi connectivity index (χ4n) is 2.70. The molecule has 0 aliphatic heterocycles. The number of nitrogens with two attached hydrogens (primary N) is 1. The van der Waals surface area contributed by atoms with Crippen LogP contribution < -0.4 is 15.2 Å².